The van der Waals surface area contributed by atoms with E-state index in [9.17, 15) is 13.2 Å². The van der Waals surface area contributed by atoms with Crippen molar-refractivity contribution in [3.05, 3.63) is 65.2 Å². The first-order valence-electron chi connectivity index (χ1n) is 7.36. The first-order chi connectivity index (χ1) is 10.9. The number of carbonyl (C=O) groups excluding carboxylic acids is 1. The number of amides is 1. The van der Waals surface area contributed by atoms with E-state index in [4.69, 9.17) is 0 Å². The average molecular weight is 330 g/mol. The lowest BCUT2D eigenvalue weighted by atomic mass is 9.99. The predicted octanol–water partition coefficient (Wildman–Crippen LogP) is 2.26. The number of benzene rings is 2. The van der Waals surface area contributed by atoms with E-state index in [1.807, 2.05) is 18.2 Å². The van der Waals surface area contributed by atoms with Crippen LogP contribution in [0.15, 0.2) is 48.5 Å². The van der Waals surface area contributed by atoms with E-state index >= 15 is 0 Å². The van der Waals surface area contributed by atoms with Crippen LogP contribution in [0.2, 0.25) is 0 Å². The van der Waals surface area contributed by atoms with Crippen molar-refractivity contribution in [2.24, 2.45) is 0 Å². The Labute approximate surface area is 136 Å². The van der Waals surface area contributed by atoms with Crippen molar-refractivity contribution in [2.75, 3.05) is 17.5 Å². The number of carbonyl (C=O) groups is 1. The topological polar surface area (TPSA) is 66.5 Å². The minimum atomic E-state index is -3.36. The van der Waals surface area contributed by atoms with Crippen LogP contribution in [0.1, 0.15) is 21.5 Å². The van der Waals surface area contributed by atoms with Crippen molar-refractivity contribution in [1.82, 2.24) is 4.90 Å². The molecule has 0 unspecified atom stereocenters. The molecular formula is C17H18N2O3S. The number of nitrogens with one attached hydrogen (secondary N) is 1. The highest BCUT2D eigenvalue weighted by molar-refractivity contribution is 7.92. The molecule has 0 atom stereocenters. The van der Waals surface area contributed by atoms with Crippen molar-refractivity contribution in [3.63, 3.8) is 0 Å². The van der Waals surface area contributed by atoms with Crippen molar-refractivity contribution in [3.8, 4) is 0 Å². The highest BCUT2D eigenvalue weighted by Crippen LogP contribution is 2.21. The van der Waals surface area contributed by atoms with Gasteiger partial charge in [-0.3, -0.25) is 9.52 Å². The molecule has 2 aromatic carbocycles. The second-order valence-corrected chi connectivity index (χ2v) is 7.45. The SMILES string of the molecule is CS(=O)(=O)Nc1cccc(C(=O)N2CCc3ccccc3C2)c1. The van der Waals surface area contributed by atoms with Gasteiger partial charge in [-0.2, -0.15) is 0 Å². The van der Waals surface area contributed by atoms with Gasteiger partial charge in [-0.05, 0) is 35.7 Å². The summed E-state index contributed by atoms with van der Waals surface area (Å²) in [6, 6.07) is 14.7. The maximum absolute atomic E-state index is 12.7. The summed E-state index contributed by atoms with van der Waals surface area (Å²) in [6.07, 6.45) is 1.92. The maximum Gasteiger partial charge on any atom is 0.254 e. The summed E-state index contributed by atoms with van der Waals surface area (Å²) in [6.45, 7) is 1.25. The molecule has 0 saturated carbocycles. The molecule has 3 rings (SSSR count). The normalized spacial score (nSPS) is 14.2. The number of anilines is 1. The molecule has 0 spiro atoms. The Morgan fingerprint density at radius 2 is 1.83 bits per heavy atom. The predicted molar refractivity (Wildman–Crippen MR) is 89.8 cm³/mol. The Hall–Kier alpha value is -2.34. The molecule has 1 amide bonds. The van der Waals surface area contributed by atoms with Crippen molar-refractivity contribution < 1.29 is 13.2 Å². The van der Waals surface area contributed by atoms with Gasteiger partial charge in [-0.1, -0.05) is 30.3 Å². The van der Waals surface area contributed by atoms with Gasteiger partial charge < -0.3 is 4.90 Å². The second kappa shape index (κ2) is 6.04. The van der Waals surface area contributed by atoms with Gasteiger partial charge in [-0.15, -0.1) is 0 Å². The number of rotatable bonds is 3. The van der Waals surface area contributed by atoms with Crippen LogP contribution in [-0.2, 0) is 23.0 Å². The van der Waals surface area contributed by atoms with E-state index in [1.165, 1.54) is 5.56 Å². The largest absolute Gasteiger partial charge is 0.334 e. The summed E-state index contributed by atoms with van der Waals surface area (Å²) in [5.74, 6) is -0.0864. The van der Waals surface area contributed by atoms with Crippen LogP contribution in [0, 0.1) is 0 Å². The van der Waals surface area contributed by atoms with E-state index < -0.39 is 10.0 Å². The Morgan fingerprint density at radius 3 is 2.57 bits per heavy atom. The molecule has 0 saturated heterocycles. The summed E-state index contributed by atoms with van der Waals surface area (Å²) >= 11 is 0. The molecule has 2 aromatic rings. The summed E-state index contributed by atoms with van der Waals surface area (Å²) < 4.78 is 25.0. The lowest BCUT2D eigenvalue weighted by Gasteiger charge is -2.29. The number of nitrogens with zero attached hydrogens (tertiary/aromatic N) is 1. The van der Waals surface area contributed by atoms with E-state index in [2.05, 4.69) is 10.8 Å². The van der Waals surface area contributed by atoms with Gasteiger partial charge in [0.2, 0.25) is 10.0 Å². The molecule has 0 aliphatic carbocycles. The van der Waals surface area contributed by atoms with E-state index in [0.29, 0.717) is 24.3 Å². The molecule has 23 heavy (non-hydrogen) atoms. The molecule has 0 radical (unpaired) electrons. The number of fused-ring (bicyclic) bond motifs is 1. The molecule has 5 nitrogen and oxygen atoms in total. The molecule has 120 valence electrons. The minimum Gasteiger partial charge on any atom is -0.334 e. The standard InChI is InChI=1S/C17H18N2O3S/c1-23(21,22)18-16-8-4-7-14(11-16)17(20)19-10-9-13-5-2-3-6-15(13)12-19/h2-8,11,18H,9-10,12H2,1H3. The van der Waals surface area contributed by atoms with Gasteiger partial charge in [-0.25, -0.2) is 8.42 Å². The molecule has 0 aromatic heterocycles. The van der Waals surface area contributed by atoms with Gasteiger partial charge >= 0.3 is 0 Å². The first-order valence-corrected chi connectivity index (χ1v) is 9.25. The van der Waals surface area contributed by atoms with Crippen molar-refractivity contribution in [1.29, 1.82) is 0 Å². The lowest BCUT2D eigenvalue weighted by molar-refractivity contribution is 0.0735. The zero-order valence-corrected chi connectivity index (χ0v) is 13.6. The Kier molecular flexibility index (Phi) is 4.09. The molecule has 0 bridgehead atoms. The van der Waals surface area contributed by atoms with Crippen LogP contribution in [0.25, 0.3) is 0 Å². The molecule has 1 N–H and O–H groups in total. The fourth-order valence-corrected chi connectivity index (χ4v) is 3.34. The van der Waals surface area contributed by atoms with Crippen LogP contribution in [0.5, 0.6) is 0 Å². The molecule has 1 aliphatic heterocycles. The monoisotopic (exact) mass is 330 g/mol. The smallest absolute Gasteiger partial charge is 0.254 e. The van der Waals surface area contributed by atoms with Gasteiger partial charge in [0.05, 0.1) is 6.26 Å². The molecule has 1 heterocycles. The quantitative estimate of drug-likeness (QED) is 0.939. The lowest BCUT2D eigenvalue weighted by Crippen LogP contribution is -2.35. The van der Waals surface area contributed by atoms with Crippen molar-refractivity contribution >= 4 is 21.6 Å². The molecule has 6 heteroatoms. The van der Waals surface area contributed by atoms with Crippen LogP contribution >= 0.6 is 0 Å². The minimum absolute atomic E-state index is 0.0864. The van der Waals surface area contributed by atoms with E-state index in [0.717, 1.165) is 18.2 Å². The third-order valence-electron chi connectivity index (χ3n) is 3.83. The summed E-state index contributed by atoms with van der Waals surface area (Å²) in [5, 5.41) is 0. The van der Waals surface area contributed by atoms with E-state index in [1.54, 1.807) is 29.2 Å². The fourth-order valence-electron chi connectivity index (χ4n) is 2.78. The highest BCUT2D eigenvalue weighted by atomic mass is 32.2. The maximum atomic E-state index is 12.7. The van der Waals surface area contributed by atoms with Crippen LogP contribution in [0.3, 0.4) is 0 Å². The zero-order chi connectivity index (χ0) is 16.4. The summed E-state index contributed by atoms with van der Waals surface area (Å²) in [7, 11) is -3.36. The second-order valence-electron chi connectivity index (χ2n) is 5.70. The van der Waals surface area contributed by atoms with Gasteiger partial charge in [0.15, 0.2) is 0 Å². The summed E-state index contributed by atoms with van der Waals surface area (Å²) in [5.41, 5.74) is 3.33. The number of hydrogen-bond donors (Lipinski definition) is 1. The Balaban J connectivity index is 1.80. The summed E-state index contributed by atoms with van der Waals surface area (Å²) in [4.78, 5) is 14.5. The number of sulfonamides is 1. The zero-order valence-electron chi connectivity index (χ0n) is 12.8. The first kappa shape index (κ1) is 15.6. The third kappa shape index (κ3) is 3.71. The Morgan fingerprint density at radius 1 is 1.09 bits per heavy atom. The number of hydrogen-bond acceptors (Lipinski definition) is 3. The fraction of sp³-hybridized carbons (Fsp3) is 0.235. The van der Waals surface area contributed by atoms with Crippen LogP contribution in [-0.4, -0.2) is 32.0 Å². The van der Waals surface area contributed by atoms with Gasteiger partial charge in [0, 0.05) is 24.3 Å². The Bertz CT molecular complexity index is 846. The van der Waals surface area contributed by atoms with Gasteiger partial charge in [0.25, 0.3) is 5.91 Å². The molecule has 1 aliphatic rings. The van der Waals surface area contributed by atoms with E-state index in [-0.39, 0.29) is 5.91 Å². The van der Waals surface area contributed by atoms with Crippen molar-refractivity contribution in [2.45, 2.75) is 13.0 Å². The van der Waals surface area contributed by atoms with Crippen LogP contribution in [0.4, 0.5) is 5.69 Å². The van der Waals surface area contributed by atoms with Crippen LogP contribution < -0.4 is 4.72 Å². The molecule has 0 fully saturated rings. The molecular weight excluding hydrogens is 312 g/mol. The third-order valence-corrected chi connectivity index (χ3v) is 4.44. The highest BCUT2D eigenvalue weighted by Gasteiger charge is 2.21. The average Bonchev–Trinajstić information content (AvgIpc) is 2.52. The van der Waals surface area contributed by atoms with Gasteiger partial charge in [0.1, 0.15) is 0 Å².